The number of carboxylic acids is 1. The summed E-state index contributed by atoms with van der Waals surface area (Å²) in [5, 5.41) is 9.46. The lowest BCUT2D eigenvalue weighted by molar-refractivity contribution is -0.146. The normalized spacial score (nSPS) is 35.7. The second-order valence-corrected chi connectivity index (χ2v) is 5.72. The maximum absolute atomic E-state index is 11.5. The second kappa shape index (κ2) is 5.38. The van der Waals surface area contributed by atoms with Crippen LogP contribution in [0.15, 0.2) is 0 Å². The number of carboxylic acid groups (broad SMARTS) is 1. The summed E-state index contributed by atoms with van der Waals surface area (Å²) in [6, 6.07) is 0.325. The predicted octanol–water partition coefficient (Wildman–Crippen LogP) is 2.61. The van der Waals surface area contributed by atoms with E-state index < -0.39 is 5.97 Å². The topological polar surface area (TPSA) is 40.5 Å². The lowest BCUT2D eigenvalue weighted by Gasteiger charge is -2.38. The third kappa shape index (κ3) is 2.35. The maximum atomic E-state index is 11.5. The zero-order valence-electron chi connectivity index (χ0n) is 11.1. The number of fused-ring (bicyclic) bond motifs is 2. The van der Waals surface area contributed by atoms with Crippen LogP contribution in [-0.4, -0.2) is 35.1 Å². The first-order valence-electron chi connectivity index (χ1n) is 7.15. The molecule has 0 saturated heterocycles. The lowest BCUT2D eigenvalue weighted by Crippen LogP contribution is -2.47. The van der Waals surface area contributed by atoms with Gasteiger partial charge in [0, 0.05) is 6.04 Å². The quantitative estimate of drug-likeness (QED) is 0.774. The van der Waals surface area contributed by atoms with Crippen molar-refractivity contribution >= 4 is 5.97 Å². The third-order valence-corrected chi connectivity index (χ3v) is 4.60. The first-order chi connectivity index (χ1) is 8.19. The Kier molecular flexibility index (Phi) is 4.08. The molecule has 0 aliphatic heterocycles. The Bertz CT molecular complexity index is 273. The summed E-state index contributed by atoms with van der Waals surface area (Å²) in [4.78, 5) is 13.9. The van der Waals surface area contributed by atoms with Gasteiger partial charge in [0.05, 0.1) is 5.92 Å². The van der Waals surface area contributed by atoms with Crippen LogP contribution in [0.5, 0.6) is 0 Å². The van der Waals surface area contributed by atoms with Gasteiger partial charge in [0.1, 0.15) is 0 Å². The highest BCUT2D eigenvalue weighted by atomic mass is 16.4. The van der Waals surface area contributed by atoms with Crippen LogP contribution in [-0.2, 0) is 4.79 Å². The molecule has 2 saturated carbocycles. The fourth-order valence-electron chi connectivity index (χ4n) is 4.12. The van der Waals surface area contributed by atoms with Gasteiger partial charge in [-0.05, 0) is 57.0 Å². The molecule has 0 aromatic carbocycles. The van der Waals surface area contributed by atoms with Gasteiger partial charge in [-0.1, -0.05) is 13.8 Å². The predicted molar refractivity (Wildman–Crippen MR) is 67.9 cm³/mol. The monoisotopic (exact) mass is 239 g/mol. The van der Waals surface area contributed by atoms with Crippen LogP contribution in [0.25, 0.3) is 0 Å². The Balaban J connectivity index is 2.12. The molecule has 0 aromatic rings. The average Bonchev–Trinajstić information content (AvgIpc) is 2.88. The Labute approximate surface area is 104 Å². The first-order valence-corrected chi connectivity index (χ1v) is 7.15. The molecule has 0 radical (unpaired) electrons. The highest BCUT2D eigenvalue weighted by molar-refractivity contribution is 5.72. The van der Waals surface area contributed by atoms with Gasteiger partial charge in [-0.15, -0.1) is 0 Å². The average molecular weight is 239 g/mol. The number of hydrogen-bond acceptors (Lipinski definition) is 2. The SMILES string of the molecule is CCCN(CCC)C1C2CCC(C2)C1C(=O)O. The van der Waals surface area contributed by atoms with Crippen molar-refractivity contribution in [1.29, 1.82) is 0 Å². The van der Waals surface area contributed by atoms with Crippen molar-refractivity contribution < 1.29 is 9.90 Å². The second-order valence-electron chi connectivity index (χ2n) is 5.72. The molecule has 0 aromatic heterocycles. The summed E-state index contributed by atoms with van der Waals surface area (Å²) >= 11 is 0. The molecule has 2 aliphatic rings. The number of nitrogens with zero attached hydrogens (tertiary/aromatic N) is 1. The zero-order chi connectivity index (χ0) is 12.4. The molecule has 4 atom stereocenters. The molecule has 0 spiro atoms. The summed E-state index contributed by atoms with van der Waals surface area (Å²) in [5.41, 5.74) is 0. The fourth-order valence-corrected chi connectivity index (χ4v) is 4.12. The Morgan fingerprint density at radius 1 is 1.18 bits per heavy atom. The van der Waals surface area contributed by atoms with Gasteiger partial charge in [0.15, 0.2) is 0 Å². The minimum Gasteiger partial charge on any atom is -0.481 e. The molecule has 3 nitrogen and oxygen atoms in total. The van der Waals surface area contributed by atoms with E-state index in [1.54, 1.807) is 0 Å². The molecule has 2 aliphatic carbocycles. The van der Waals surface area contributed by atoms with Gasteiger partial charge in [-0.3, -0.25) is 9.69 Å². The van der Waals surface area contributed by atoms with E-state index in [2.05, 4.69) is 18.7 Å². The number of carbonyl (C=O) groups is 1. The maximum Gasteiger partial charge on any atom is 0.308 e. The van der Waals surface area contributed by atoms with Crippen LogP contribution >= 0.6 is 0 Å². The molecule has 2 rings (SSSR count). The molecule has 4 unspecified atom stereocenters. The van der Waals surface area contributed by atoms with E-state index in [1.165, 1.54) is 6.42 Å². The van der Waals surface area contributed by atoms with E-state index in [9.17, 15) is 9.90 Å². The smallest absolute Gasteiger partial charge is 0.308 e. The summed E-state index contributed by atoms with van der Waals surface area (Å²) < 4.78 is 0. The van der Waals surface area contributed by atoms with Gasteiger partial charge in [-0.25, -0.2) is 0 Å². The van der Waals surface area contributed by atoms with E-state index in [0.29, 0.717) is 17.9 Å². The summed E-state index contributed by atoms with van der Waals surface area (Å²) in [6.45, 7) is 6.49. The van der Waals surface area contributed by atoms with Crippen molar-refractivity contribution in [2.45, 2.75) is 52.0 Å². The summed E-state index contributed by atoms with van der Waals surface area (Å²) in [5.74, 6) is 0.462. The zero-order valence-corrected chi connectivity index (χ0v) is 11.1. The van der Waals surface area contributed by atoms with Crippen LogP contribution in [0, 0.1) is 17.8 Å². The van der Waals surface area contributed by atoms with E-state index in [4.69, 9.17) is 0 Å². The number of rotatable bonds is 6. The lowest BCUT2D eigenvalue weighted by atomic mass is 9.83. The molecule has 2 bridgehead atoms. The first kappa shape index (κ1) is 12.9. The molecule has 0 amide bonds. The highest BCUT2D eigenvalue weighted by Crippen LogP contribution is 2.50. The van der Waals surface area contributed by atoms with Crippen molar-refractivity contribution in [3.8, 4) is 0 Å². The van der Waals surface area contributed by atoms with Crippen molar-refractivity contribution in [3.05, 3.63) is 0 Å². The minimum absolute atomic E-state index is 0.0909. The Morgan fingerprint density at radius 2 is 1.76 bits per heavy atom. The largest absolute Gasteiger partial charge is 0.481 e. The summed E-state index contributed by atoms with van der Waals surface area (Å²) in [7, 11) is 0. The molecular weight excluding hydrogens is 214 g/mol. The van der Waals surface area contributed by atoms with E-state index >= 15 is 0 Å². The van der Waals surface area contributed by atoms with E-state index in [1.807, 2.05) is 0 Å². The Hall–Kier alpha value is -0.570. The fraction of sp³-hybridized carbons (Fsp3) is 0.929. The van der Waals surface area contributed by atoms with E-state index in [-0.39, 0.29) is 5.92 Å². The van der Waals surface area contributed by atoms with E-state index in [0.717, 1.165) is 38.8 Å². The third-order valence-electron chi connectivity index (χ3n) is 4.60. The van der Waals surface area contributed by atoms with Crippen LogP contribution < -0.4 is 0 Å². The van der Waals surface area contributed by atoms with Gasteiger partial charge in [0.25, 0.3) is 0 Å². The van der Waals surface area contributed by atoms with Crippen molar-refractivity contribution in [2.24, 2.45) is 17.8 Å². The Morgan fingerprint density at radius 3 is 2.29 bits per heavy atom. The molecule has 0 heterocycles. The van der Waals surface area contributed by atoms with Crippen molar-refractivity contribution in [3.63, 3.8) is 0 Å². The standard InChI is InChI=1S/C14H25NO2/c1-3-7-15(8-4-2)13-11-6-5-10(9-11)12(13)14(16)17/h10-13H,3-9H2,1-2H3,(H,16,17). The van der Waals surface area contributed by atoms with Gasteiger partial charge in [-0.2, -0.15) is 0 Å². The number of hydrogen-bond donors (Lipinski definition) is 1. The molecule has 2 fully saturated rings. The van der Waals surface area contributed by atoms with Crippen LogP contribution in [0.2, 0.25) is 0 Å². The molecule has 17 heavy (non-hydrogen) atoms. The van der Waals surface area contributed by atoms with Gasteiger partial charge >= 0.3 is 5.97 Å². The summed E-state index contributed by atoms with van der Waals surface area (Å²) in [6.07, 6.45) is 5.80. The number of aliphatic carboxylic acids is 1. The molecule has 1 N–H and O–H groups in total. The molecule has 98 valence electrons. The van der Waals surface area contributed by atoms with Crippen molar-refractivity contribution in [2.75, 3.05) is 13.1 Å². The molecule has 3 heteroatoms. The van der Waals surface area contributed by atoms with Crippen LogP contribution in [0.1, 0.15) is 46.0 Å². The molecular formula is C14H25NO2. The highest BCUT2D eigenvalue weighted by Gasteiger charge is 2.52. The van der Waals surface area contributed by atoms with Crippen LogP contribution in [0.3, 0.4) is 0 Å². The van der Waals surface area contributed by atoms with Gasteiger partial charge < -0.3 is 5.11 Å². The van der Waals surface area contributed by atoms with Crippen molar-refractivity contribution in [1.82, 2.24) is 4.90 Å². The minimum atomic E-state index is -0.556. The van der Waals surface area contributed by atoms with Crippen LogP contribution in [0.4, 0.5) is 0 Å². The van der Waals surface area contributed by atoms with Gasteiger partial charge in [0.2, 0.25) is 0 Å².